The predicted molar refractivity (Wildman–Crippen MR) is 122 cm³/mol. The highest BCUT2D eigenvalue weighted by atomic mass is 32.2. The van der Waals surface area contributed by atoms with E-state index in [1.807, 2.05) is 23.4 Å². The van der Waals surface area contributed by atoms with Crippen LogP contribution in [-0.4, -0.2) is 77.0 Å². The van der Waals surface area contributed by atoms with E-state index in [-0.39, 0.29) is 23.6 Å². The van der Waals surface area contributed by atoms with Gasteiger partial charge in [0.25, 0.3) is 0 Å². The van der Waals surface area contributed by atoms with Crippen LogP contribution in [0.4, 0.5) is 30.8 Å². The lowest BCUT2D eigenvalue weighted by Crippen LogP contribution is -2.49. The highest BCUT2D eigenvalue weighted by Crippen LogP contribution is 2.40. The first-order valence-electron chi connectivity index (χ1n) is 10.6. The van der Waals surface area contributed by atoms with Gasteiger partial charge in [-0.1, -0.05) is 17.8 Å². The zero-order valence-electron chi connectivity index (χ0n) is 18.2. The molecule has 3 N–H and O–H groups in total. The van der Waals surface area contributed by atoms with Gasteiger partial charge < -0.3 is 20.6 Å². The van der Waals surface area contributed by atoms with Crippen molar-refractivity contribution in [3.8, 4) is 0 Å². The number of thioether (sulfide) groups is 1. The topological polar surface area (TPSA) is 95.3 Å². The van der Waals surface area contributed by atoms with E-state index in [0.717, 1.165) is 43.5 Å². The Hall–Kier alpha value is -2.05. The molecule has 0 aliphatic carbocycles. The summed E-state index contributed by atoms with van der Waals surface area (Å²) < 4.78 is 42.1. The van der Waals surface area contributed by atoms with Gasteiger partial charge in [0, 0.05) is 37.1 Å². The zero-order chi connectivity index (χ0) is 23.1. The quantitative estimate of drug-likeness (QED) is 0.701. The number of aromatic nitrogens is 2. The number of hydrogen-bond donors (Lipinski definition) is 2. The highest BCUT2D eigenvalue weighted by Gasteiger charge is 2.40. The fourth-order valence-electron chi connectivity index (χ4n) is 4.12. The number of imidazole rings is 1. The molecule has 0 bridgehead atoms. The minimum Gasteiger partial charge on any atom is -0.395 e. The van der Waals surface area contributed by atoms with Gasteiger partial charge in [-0.3, -0.25) is 9.56 Å². The largest absolute Gasteiger partial charge is 0.434 e. The number of aliphatic imine (C=N–C) groups is 2. The monoisotopic (exact) mass is 471 g/mol. The molecule has 1 aromatic heterocycles. The van der Waals surface area contributed by atoms with Crippen LogP contribution in [0.3, 0.4) is 0 Å². The second-order valence-corrected chi connectivity index (χ2v) is 9.74. The molecule has 0 atom stereocenters. The maximum Gasteiger partial charge on any atom is 0.434 e. The lowest BCUT2D eigenvalue weighted by molar-refractivity contribution is -0.0581. The number of allylic oxidation sites excluding steroid dienone is 1. The molecule has 0 unspecified atom stereocenters. The number of aliphatic hydroxyl groups excluding tert-OH is 1. The third kappa shape index (κ3) is 4.67. The summed E-state index contributed by atoms with van der Waals surface area (Å²) in [4.78, 5) is 17.2. The van der Waals surface area contributed by atoms with Gasteiger partial charge in [-0.25, -0.2) is 4.99 Å². The van der Waals surface area contributed by atoms with Crippen molar-refractivity contribution < 1.29 is 18.3 Å². The molecule has 176 valence electrons. The van der Waals surface area contributed by atoms with Gasteiger partial charge in [0.2, 0.25) is 5.95 Å². The summed E-state index contributed by atoms with van der Waals surface area (Å²) in [5.74, 6) is 1.91. The van der Waals surface area contributed by atoms with Crippen molar-refractivity contribution in [1.82, 2.24) is 9.55 Å². The second-order valence-electron chi connectivity index (χ2n) is 8.62. The fraction of sp³-hybridized carbons (Fsp3) is 0.650. The molecule has 3 aliphatic rings. The Morgan fingerprint density at radius 1 is 1.28 bits per heavy atom. The standard InChI is InChI=1S/C20H28F3N7OS/c1-19(24)5-8-29(9-6-19)18-27-16-17(30(18)10-11-31)28(2)12-14(26-16)32-13-4-3-7-25-15(13)20(21,22)23/h4,31H,3,5-12,24H2,1-2H3. The minimum absolute atomic E-state index is 0.0598. The van der Waals surface area contributed by atoms with Crippen molar-refractivity contribution in [2.45, 2.75) is 44.4 Å². The molecule has 0 spiro atoms. The molecule has 1 saturated heterocycles. The van der Waals surface area contributed by atoms with Gasteiger partial charge in [0.1, 0.15) is 5.04 Å². The lowest BCUT2D eigenvalue weighted by atomic mass is 9.91. The van der Waals surface area contributed by atoms with Crippen molar-refractivity contribution in [3.05, 3.63) is 11.0 Å². The summed E-state index contributed by atoms with van der Waals surface area (Å²) in [7, 11) is 1.86. The highest BCUT2D eigenvalue weighted by molar-refractivity contribution is 8.18. The van der Waals surface area contributed by atoms with E-state index in [0.29, 0.717) is 36.3 Å². The van der Waals surface area contributed by atoms with Crippen LogP contribution in [0.5, 0.6) is 0 Å². The number of fused-ring (bicyclic) bond motifs is 1. The number of aliphatic hydroxyl groups is 1. The third-order valence-electron chi connectivity index (χ3n) is 5.84. The van der Waals surface area contributed by atoms with Crippen LogP contribution in [0.25, 0.3) is 0 Å². The van der Waals surface area contributed by atoms with Gasteiger partial charge >= 0.3 is 6.18 Å². The van der Waals surface area contributed by atoms with E-state index in [4.69, 9.17) is 10.7 Å². The molecule has 0 amide bonds. The van der Waals surface area contributed by atoms with Crippen LogP contribution in [0, 0.1) is 0 Å². The van der Waals surface area contributed by atoms with Crippen LogP contribution in [0.2, 0.25) is 0 Å². The number of nitrogens with two attached hydrogens (primary N) is 1. The molecule has 4 heterocycles. The van der Waals surface area contributed by atoms with Crippen LogP contribution in [-0.2, 0) is 6.54 Å². The molecule has 4 rings (SSSR count). The number of halogens is 3. The smallest absolute Gasteiger partial charge is 0.395 e. The van der Waals surface area contributed by atoms with E-state index in [2.05, 4.69) is 14.9 Å². The number of piperidine rings is 1. The van der Waals surface area contributed by atoms with E-state index >= 15 is 0 Å². The molecular formula is C20H28F3N7OS. The van der Waals surface area contributed by atoms with Gasteiger partial charge in [-0.2, -0.15) is 18.2 Å². The number of anilines is 2. The molecule has 1 fully saturated rings. The van der Waals surface area contributed by atoms with Crippen LogP contribution < -0.4 is 15.5 Å². The molecular weight excluding hydrogens is 443 g/mol. The summed E-state index contributed by atoms with van der Waals surface area (Å²) >= 11 is 0.997. The summed E-state index contributed by atoms with van der Waals surface area (Å²) in [5, 5.41) is 10.2. The Labute approximate surface area is 189 Å². The first-order valence-corrected chi connectivity index (χ1v) is 11.4. The van der Waals surface area contributed by atoms with Crippen LogP contribution in [0.15, 0.2) is 21.0 Å². The molecule has 12 heteroatoms. The first-order chi connectivity index (χ1) is 15.1. The SMILES string of the molecule is CN1CC(SC2=CCCN=C2C(F)(F)F)=Nc2nc(N3CCC(C)(N)CC3)n(CCO)c21. The average molecular weight is 472 g/mol. The number of alkyl halides is 3. The van der Waals surface area contributed by atoms with Crippen LogP contribution >= 0.6 is 11.8 Å². The number of hydrogen-bond acceptors (Lipinski definition) is 8. The predicted octanol–water partition coefficient (Wildman–Crippen LogP) is 2.70. The van der Waals surface area contributed by atoms with E-state index in [9.17, 15) is 18.3 Å². The summed E-state index contributed by atoms with van der Waals surface area (Å²) in [6.07, 6.45) is -0.811. The van der Waals surface area contributed by atoms with E-state index in [1.165, 1.54) is 0 Å². The van der Waals surface area contributed by atoms with Crippen molar-refractivity contribution in [1.29, 1.82) is 0 Å². The lowest BCUT2D eigenvalue weighted by Gasteiger charge is -2.37. The molecule has 0 radical (unpaired) electrons. The normalized spacial score (nSPS) is 21.2. The number of nitrogens with zero attached hydrogens (tertiary/aromatic N) is 6. The van der Waals surface area contributed by atoms with E-state index in [1.54, 1.807) is 6.08 Å². The average Bonchev–Trinajstić information content (AvgIpc) is 3.06. The molecule has 8 nitrogen and oxygen atoms in total. The maximum absolute atomic E-state index is 13.4. The zero-order valence-corrected chi connectivity index (χ0v) is 19.0. The first kappa shape index (κ1) is 23.1. The van der Waals surface area contributed by atoms with Crippen LogP contribution in [0.1, 0.15) is 26.2 Å². The molecule has 0 saturated carbocycles. The van der Waals surface area contributed by atoms with Gasteiger partial charge in [0.05, 0.1) is 19.7 Å². The van der Waals surface area contributed by atoms with Crippen molar-refractivity contribution >= 4 is 40.1 Å². The van der Waals surface area contributed by atoms with Gasteiger partial charge in [-0.15, -0.1) is 0 Å². The summed E-state index contributed by atoms with van der Waals surface area (Å²) in [5.41, 5.74) is 5.21. The summed E-state index contributed by atoms with van der Waals surface area (Å²) in [6.45, 7) is 4.29. The minimum atomic E-state index is -4.49. The van der Waals surface area contributed by atoms with Gasteiger partial charge in [-0.05, 0) is 26.2 Å². The molecule has 3 aliphatic heterocycles. The van der Waals surface area contributed by atoms with Gasteiger partial charge in [0.15, 0.2) is 17.3 Å². The fourth-order valence-corrected chi connectivity index (χ4v) is 5.24. The maximum atomic E-state index is 13.4. The Morgan fingerprint density at radius 3 is 2.66 bits per heavy atom. The van der Waals surface area contributed by atoms with E-state index < -0.39 is 11.9 Å². The molecule has 1 aromatic rings. The summed E-state index contributed by atoms with van der Waals surface area (Å²) in [6, 6.07) is 0. The van der Waals surface area contributed by atoms with Crippen molar-refractivity contribution in [3.63, 3.8) is 0 Å². The Balaban J connectivity index is 1.63. The number of dihydropyridines is 1. The second kappa shape index (κ2) is 8.71. The Morgan fingerprint density at radius 2 is 2.00 bits per heavy atom. The number of rotatable bonds is 4. The molecule has 32 heavy (non-hydrogen) atoms. The van der Waals surface area contributed by atoms with Crippen molar-refractivity contribution in [2.75, 3.05) is 49.6 Å². The Kier molecular flexibility index (Phi) is 6.29. The molecule has 0 aromatic carbocycles. The Bertz CT molecular complexity index is 957. The third-order valence-corrected chi connectivity index (χ3v) is 6.87. The van der Waals surface area contributed by atoms with Crippen molar-refractivity contribution in [2.24, 2.45) is 15.7 Å².